The summed E-state index contributed by atoms with van der Waals surface area (Å²) in [5, 5.41) is 10.6. The third-order valence-electron chi connectivity index (χ3n) is 2.49. The Balaban J connectivity index is 2.30. The van der Waals surface area contributed by atoms with Crippen molar-refractivity contribution in [2.45, 2.75) is 31.3 Å². The zero-order chi connectivity index (χ0) is 8.77. The van der Waals surface area contributed by atoms with E-state index in [0.717, 1.165) is 21.6 Å². The van der Waals surface area contributed by atoms with Gasteiger partial charge in [-0.15, -0.1) is 11.3 Å². The van der Waals surface area contributed by atoms with Crippen LogP contribution in [0.5, 0.6) is 0 Å². The van der Waals surface area contributed by atoms with E-state index in [9.17, 15) is 5.11 Å². The highest BCUT2D eigenvalue weighted by molar-refractivity contribution is 9.11. The summed E-state index contributed by atoms with van der Waals surface area (Å²) in [6.45, 7) is 1.85. The van der Waals surface area contributed by atoms with Crippen molar-refractivity contribution in [1.29, 1.82) is 0 Å². The molecule has 1 atom stereocenters. The Labute approximate surface area is 83.8 Å². The lowest BCUT2D eigenvalue weighted by Gasteiger charge is -2.14. The minimum absolute atomic E-state index is 0.00329. The van der Waals surface area contributed by atoms with Crippen LogP contribution in [0.2, 0.25) is 0 Å². The first-order chi connectivity index (χ1) is 5.65. The van der Waals surface area contributed by atoms with E-state index >= 15 is 0 Å². The molecule has 0 bridgehead atoms. The Morgan fingerprint density at radius 1 is 1.75 bits per heavy atom. The molecule has 0 spiro atoms. The minimum Gasteiger partial charge on any atom is -0.392 e. The van der Waals surface area contributed by atoms with Crippen LogP contribution in [0.1, 0.15) is 24.8 Å². The summed E-state index contributed by atoms with van der Waals surface area (Å²) in [6.07, 6.45) is 3.69. The molecule has 4 heteroatoms. The molecule has 0 aromatic carbocycles. The third-order valence-corrected chi connectivity index (χ3v) is 4.19. The van der Waals surface area contributed by atoms with E-state index in [1.807, 2.05) is 13.1 Å². The Kier molecular flexibility index (Phi) is 2.01. The molecule has 0 amide bonds. The molecule has 12 heavy (non-hydrogen) atoms. The number of rotatable bonds is 2. The minimum atomic E-state index is -0.268. The maximum Gasteiger partial charge on any atom is 0.102 e. The lowest BCUT2D eigenvalue weighted by molar-refractivity contribution is 0.150. The van der Waals surface area contributed by atoms with Crippen molar-refractivity contribution in [3.8, 4) is 0 Å². The number of aliphatic hydroxyl groups excluding tert-OH is 1. The maximum atomic E-state index is 9.56. The Morgan fingerprint density at radius 3 is 2.75 bits per heavy atom. The summed E-state index contributed by atoms with van der Waals surface area (Å²) in [5.41, 5.74) is -0.00329. The third kappa shape index (κ3) is 1.22. The molecule has 1 fully saturated rings. The van der Waals surface area contributed by atoms with Crippen LogP contribution >= 0.6 is 27.3 Å². The Hall–Kier alpha value is 0.0700. The van der Waals surface area contributed by atoms with Gasteiger partial charge in [0, 0.05) is 5.41 Å². The molecule has 2 nitrogen and oxygen atoms in total. The van der Waals surface area contributed by atoms with Crippen molar-refractivity contribution < 1.29 is 5.11 Å². The standard InChI is InChI=1S/C8H10BrNOS/c1-5(11)8(2-3-8)7-10-4-6(9)12-7/h4-5,11H,2-3H2,1H3. The SMILES string of the molecule is CC(O)C1(c2ncc(Br)s2)CC1. The fourth-order valence-corrected chi connectivity index (χ4v) is 2.97. The van der Waals surface area contributed by atoms with Gasteiger partial charge >= 0.3 is 0 Å². The normalized spacial score (nSPS) is 22.2. The number of hydrogen-bond acceptors (Lipinski definition) is 3. The van der Waals surface area contributed by atoms with E-state index in [-0.39, 0.29) is 11.5 Å². The molecule has 1 aromatic heterocycles. The number of thiazole rings is 1. The first kappa shape index (κ1) is 8.66. The van der Waals surface area contributed by atoms with E-state index < -0.39 is 0 Å². The molecule has 0 saturated heterocycles. The Morgan fingerprint density at radius 2 is 2.42 bits per heavy atom. The Bertz CT molecular complexity index is 293. The van der Waals surface area contributed by atoms with Crippen LogP contribution in [0.15, 0.2) is 9.98 Å². The van der Waals surface area contributed by atoms with Crippen molar-refractivity contribution in [3.63, 3.8) is 0 Å². The second-order valence-electron chi connectivity index (χ2n) is 3.30. The summed E-state index contributed by atoms with van der Waals surface area (Å²) in [4.78, 5) is 4.28. The van der Waals surface area contributed by atoms with Gasteiger partial charge < -0.3 is 5.11 Å². The fourth-order valence-electron chi connectivity index (χ4n) is 1.43. The summed E-state index contributed by atoms with van der Waals surface area (Å²) in [6, 6.07) is 0. The van der Waals surface area contributed by atoms with Gasteiger partial charge in [0.25, 0.3) is 0 Å². The predicted molar refractivity (Wildman–Crippen MR) is 52.4 cm³/mol. The van der Waals surface area contributed by atoms with Gasteiger partial charge in [-0.2, -0.15) is 0 Å². The number of nitrogens with zero attached hydrogens (tertiary/aromatic N) is 1. The molecule has 1 aliphatic rings. The van der Waals surface area contributed by atoms with Crippen molar-refractivity contribution in [2.75, 3.05) is 0 Å². The molecule has 1 heterocycles. The average molecular weight is 248 g/mol. The van der Waals surface area contributed by atoms with E-state index in [2.05, 4.69) is 20.9 Å². The smallest absolute Gasteiger partial charge is 0.102 e. The monoisotopic (exact) mass is 247 g/mol. The summed E-state index contributed by atoms with van der Waals surface area (Å²) in [5.74, 6) is 0. The van der Waals surface area contributed by atoms with Gasteiger partial charge in [-0.3, -0.25) is 0 Å². The average Bonchev–Trinajstić information content (AvgIpc) is 2.71. The molecule has 1 aliphatic carbocycles. The topological polar surface area (TPSA) is 33.1 Å². The highest BCUT2D eigenvalue weighted by atomic mass is 79.9. The summed E-state index contributed by atoms with van der Waals surface area (Å²) < 4.78 is 1.05. The quantitative estimate of drug-likeness (QED) is 0.871. The first-order valence-corrected chi connectivity index (χ1v) is 5.56. The van der Waals surface area contributed by atoms with Crippen LogP contribution < -0.4 is 0 Å². The second-order valence-corrected chi connectivity index (χ2v) is 5.71. The van der Waals surface area contributed by atoms with Gasteiger partial charge in [0.1, 0.15) is 5.01 Å². The number of halogens is 1. The van der Waals surface area contributed by atoms with E-state index in [4.69, 9.17) is 0 Å². The molecule has 0 radical (unpaired) electrons. The predicted octanol–water partition coefficient (Wildman–Crippen LogP) is 2.32. The van der Waals surface area contributed by atoms with Crippen LogP contribution in [0.3, 0.4) is 0 Å². The zero-order valence-electron chi connectivity index (χ0n) is 6.75. The molecule has 1 N–H and O–H groups in total. The van der Waals surface area contributed by atoms with E-state index in [0.29, 0.717) is 0 Å². The molecule has 2 rings (SSSR count). The lowest BCUT2D eigenvalue weighted by Crippen LogP contribution is -2.22. The van der Waals surface area contributed by atoms with Crippen molar-refractivity contribution in [3.05, 3.63) is 15.0 Å². The summed E-state index contributed by atoms with van der Waals surface area (Å²) in [7, 11) is 0. The van der Waals surface area contributed by atoms with Crippen molar-refractivity contribution >= 4 is 27.3 Å². The molecule has 1 saturated carbocycles. The highest BCUT2D eigenvalue weighted by Crippen LogP contribution is 2.52. The van der Waals surface area contributed by atoms with Crippen LogP contribution in [0.4, 0.5) is 0 Å². The highest BCUT2D eigenvalue weighted by Gasteiger charge is 2.50. The van der Waals surface area contributed by atoms with Gasteiger partial charge in [0.05, 0.1) is 16.1 Å². The lowest BCUT2D eigenvalue weighted by atomic mass is 10.0. The van der Waals surface area contributed by atoms with Crippen LogP contribution in [0, 0.1) is 0 Å². The number of aliphatic hydroxyl groups is 1. The van der Waals surface area contributed by atoms with Gasteiger partial charge in [0.15, 0.2) is 0 Å². The zero-order valence-corrected chi connectivity index (χ0v) is 9.15. The first-order valence-electron chi connectivity index (χ1n) is 3.95. The van der Waals surface area contributed by atoms with Gasteiger partial charge in [0.2, 0.25) is 0 Å². The van der Waals surface area contributed by atoms with Gasteiger partial charge in [-0.25, -0.2) is 4.98 Å². The maximum absolute atomic E-state index is 9.56. The van der Waals surface area contributed by atoms with Crippen LogP contribution in [0.25, 0.3) is 0 Å². The van der Waals surface area contributed by atoms with E-state index in [1.165, 1.54) is 0 Å². The fraction of sp³-hybridized carbons (Fsp3) is 0.625. The van der Waals surface area contributed by atoms with E-state index in [1.54, 1.807) is 11.3 Å². The van der Waals surface area contributed by atoms with Crippen LogP contribution in [-0.2, 0) is 5.41 Å². The van der Waals surface area contributed by atoms with Crippen LogP contribution in [-0.4, -0.2) is 16.2 Å². The molecule has 1 unspecified atom stereocenters. The van der Waals surface area contributed by atoms with Crippen molar-refractivity contribution in [2.24, 2.45) is 0 Å². The second kappa shape index (κ2) is 2.79. The molecule has 1 aromatic rings. The van der Waals surface area contributed by atoms with Crippen molar-refractivity contribution in [1.82, 2.24) is 4.98 Å². The summed E-state index contributed by atoms with van der Waals surface area (Å²) >= 11 is 5.01. The number of aromatic nitrogens is 1. The molecule has 0 aliphatic heterocycles. The van der Waals surface area contributed by atoms with Gasteiger partial charge in [-0.05, 0) is 35.7 Å². The number of hydrogen-bond donors (Lipinski definition) is 1. The molecular weight excluding hydrogens is 238 g/mol. The molecular formula is C8H10BrNOS. The van der Waals surface area contributed by atoms with Gasteiger partial charge in [-0.1, -0.05) is 0 Å². The molecule has 66 valence electrons. The largest absolute Gasteiger partial charge is 0.392 e.